The molecule has 1 fully saturated rings. The summed E-state index contributed by atoms with van der Waals surface area (Å²) in [6, 6.07) is 9.50. The Hall–Kier alpha value is -3.82. The first kappa shape index (κ1) is 18.5. The highest BCUT2D eigenvalue weighted by Gasteiger charge is 2.27. The molecular weight excluding hydrogens is 370 g/mol. The number of anilines is 1. The fraction of sp³-hybridized carbons (Fsp3) is 0.263. The molecule has 1 N–H and O–H groups in total. The van der Waals surface area contributed by atoms with Gasteiger partial charge in [0.1, 0.15) is 6.33 Å². The maximum Gasteiger partial charge on any atom is 0.291 e. The lowest BCUT2D eigenvalue weighted by atomic mass is 10.2. The molecule has 3 aromatic rings. The van der Waals surface area contributed by atoms with Gasteiger partial charge in [0.05, 0.1) is 5.69 Å². The Labute approximate surface area is 167 Å². The highest BCUT2D eigenvalue weighted by atomic mass is 16.2. The zero-order valence-electron chi connectivity index (χ0n) is 16.0. The second-order valence-corrected chi connectivity index (χ2v) is 6.68. The highest BCUT2D eigenvalue weighted by Crippen LogP contribution is 2.15. The second kappa shape index (κ2) is 8.05. The summed E-state index contributed by atoms with van der Waals surface area (Å²) in [6.45, 7) is 4.78. The first-order valence-corrected chi connectivity index (χ1v) is 9.20. The molecule has 0 aliphatic carbocycles. The van der Waals surface area contributed by atoms with Crippen LogP contribution in [-0.4, -0.2) is 56.1 Å². The van der Waals surface area contributed by atoms with Crippen LogP contribution in [0, 0.1) is 0 Å². The van der Waals surface area contributed by atoms with Crippen LogP contribution in [0.1, 0.15) is 17.0 Å². The van der Waals surface area contributed by atoms with E-state index in [1.807, 2.05) is 41.9 Å². The van der Waals surface area contributed by atoms with E-state index < -0.39 is 0 Å². The van der Waals surface area contributed by atoms with E-state index in [0.717, 1.165) is 18.7 Å². The largest absolute Gasteiger partial charge is 0.351 e. The molecule has 0 radical (unpaired) electrons. The number of amides is 1. The van der Waals surface area contributed by atoms with Crippen LogP contribution in [0.2, 0.25) is 0 Å². The maximum atomic E-state index is 12.6. The Morgan fingerprint density at radius 2 is 2.10 bits per heavy atom. The van der Waals surface area contributed by atoms with E-state index in [0.29, 0.717) is 17.9 Å². The number of carbonyl (C=O) groups is 1. The number of benzene rings is 1. The van der Waals surface area contributed by atoms with Crippen molar-refractivity contribution in [3.05, 3.63) is 60.4 Å². The van der Waals surface area contributed by atoms with Crippen molar-refractivity contribution in [2.75, 3.05) is 18.0 Å². The molecule has 148 valence electrons. The van der Waals surface area contributed by atoms with Gasteiger partial charge in [-0.2, -0.15) is 5.10 Å². The van der Waals surface area contributed by atoms with Crippen molar-refractivity contribution in [1.29, 1.82) is 0 Å². The van der Waals surface area contributed by atoms with Crippen molar-refractivity contribution in [3.8, 4) is 5.69 Å². The first-order valence-electron chi connectivity index (χ1n) is 9.20. The first-order chi connectivity index (χ1) is 14.2. The molecule has 0 spiro atoms. The molecule has 3 heterocycles. The van der Waals surface area contributed by atoms with Gasteiger partial charge in [-0.1, -0.05) is 18.2 Å². The van der Waals surface area contributed by atoms with Gasteiger partial charge in [0.25, 0.3) is 5.91 Å². The summed E-state index contributed by atoms with van der Waals surface area (Å²) in [7, 11) is 1.87. The average Bonchev–Trinajstić information content (AvgIpc) is 3.40. The lowest BCUT2D eigenvalue weighted by molar-refractivity contribution is 0.0930. The van der Waals surface area contributed by atoms with Gasteiger partial charge in [0, 0.05) is 45.3 Å². The molecule has 4 rings (SSSR count). The lowest BCUT2D eigenvalue weighted by Gasteiger charge is -2.18. The Kier molecular flexibility index (Phi) is 5.14. The number of aryl methyl sites for hydroxylation is 1. The zero-order valence-corrected chi connectivity index (χ0v) is 16.0. The minimum absolute atomic E-state index is 0.0389. The minimum Gasteiger partial charge on any atom is -0.351 e. The maximum absolute atomic E-state index is 12.6. The van der Waals surface area contributed by atoms with Gasteiger partial charge in [0.15, 0.2) is 11.3 Å². The second-order valence-electron chi connectivity index (χ2n) is 6.68. The molecule has 1 aromatic carbocycles. The topological polar surface area (TPSA) is 106 Å². The SMILES string of the molecule is C=N/N=c1/c(N2CC[C@H](NC(=O)c3ncn(-c4ccccc4)n3)C2)nccn1C. The van der Waals surface area contributed by atoms with Crippen molar-refractivity contribution >= 4 is 18.4 Å². The van der Waals surface area contributed by atoms with Gasteiger partial charge in [-0.25, -0.2) is 14.6 Å². The van der Waals surface area contributed by atoms with Crippen molar-refractivity contribution in [2.45, 2.75) is 12.5 Å². The molecule has 29 heavy (non-hydrogen) atoms. The summed E-state index contributed by atoms with van der Waals surface area (Å²) >= 11 is 0. The fourth-order valence-electron chi connectivity index (χ4n) is 3.29. The molecule has 0 bridgehead atoms. The minimum atomic E-state index is -0.296. The third kappa shape index (κ3) is 3.91. The average molecular weight is 391 g/mol. The number of rotatable bonds is 5. The molecule has 0 unspecified atom stereocenters. The molecule has 10 nitrogen and oxygen atoms in total. The summed E-state index contributed by atoms with van der Waals surface area (Å²) in [5.41, 5.74) is 1.47. The van der Waals surface area contributed by atoms with Crippen molar-refractivity contribution < 1.29 is 4.79 Å². The van der Waals surface area contributed by atoms with E-state index in [1.165, 1.54) is 6.33 Å². The van der Waals surface area contributed by atoms with Gasteiger partial charge < -0.3 is 14.8 Å². The number of nitrogens with zero attached hydrogens (tertiary/aromatic N) is 8. The van der Waals surface area contributed by atoms with Crippen molar-refractivity contribution in [1.82, 2.24) is 29.6 Å². The van der Waals surface area contributed by atoms with Gasteiger partial charge in [0.2, 0.25) is 5.82 Å². The molecular formula is C19H21N9O. The molecule has 2 aromatic heterocycles. The van der Waals surface area contributed by atoms with Crippen molar-refractivity contribution in [2.24, 2.45) is 17.3 Å². The van der Waals surface area contributed by atoms with E-state index in [2.05, 4.69) is 42.2 Å². The molecule has 10 heteroatoms. The van der Waals surface area contributed by atoms with Crippen LogP contribution in [0.25, 0.3) is 5.69 Å². The van der Waals surface area contributed by atoms with Crippen LogP contribution in [0.15, 0.2) is 59.3 Å². The molecule has 1 aliphatic rings. The van der Waals surface area contributed by atoms with Crippen LogP contribution in [0.4, 0.5) is 5.82 Å². The number of hydrogen-bond donors (Lipinski definition) is 1. The summed E-state index contributed by atoms with van der Waals surface area (Å²) in [6.07, 6.45) is 5.84. The Balaban J connectivity index is 1.44. The van der Waals surface area contributed by atoms with Gasteiger partial charge in [-0.15, -0.1) is 10.2 Å². The third-order valence-electron chi connectivity index (χ3n) is 4.73. The van der Waals surface area contributed by atoms with Crippen LogP contribution in [0.5, 0.6) is 0 Å². The van der Waals surface area contributed by atoms with Gasteiger partial charge >= 0.3 is 0 Å². The van der Waals surface area contributed by atoms with Crippen molar-refractivity contribution in [3.63, 3.8) is 0 Å². The number of aromatic nitrogens is 5. The Morgan fingerprint density at radius 3 is 2.90 bits per heavy atom. The normalized spacial score (nSPS) is 16.8. The zero-order chi connectivity index (χ0) is 20.2. The van der Waals surface area contributed by atoms with Gasteiger partial charge in [-0.05, 0) is 18.6 Å². The predicted octanol–water partition coefficient (Wildman–Crippen LogP) is 0.526. The fourth-order valence-corrected chi connectivity index (χ4v) is 3.29. The van der Waals surface area contributed by atoms with E-state index in [9.17, 15) is 4.79 Å². The molecule has 1 saturated heterocycles. The summed E-state index contributed by atoms with van der Waals surface area (Å²) in [4.78, 5) is 23.2. The lowest BCUT2D eigenvalue weighted by Crippen LogP contribution is -2.39. The molecule has 1 aliphatic heterocycles. The highest BCUT2D eigenvalue weighted by molar-refractivity contribution is 5.90. The Bertz CT molecular complexity index is 1090. The summed E-state index contributed by atoms with van der Waals surface area (Å²) in [5.74, 6) is 0.560. The quantitative estimate of drug-likeness (QED) is 0.504. The number of nitrogens with one attached hydrogen (secondary N) is 1. The predicted molar refractivity (Wildman–Crippen MR) is 108 cm³/mol. The van der Waals surface area contributed by atoms with E-state index >= 15 is 0 Å². The summed E-state index contributed by atoms with van der Waals surface area (Å²) < 4.78 is 3.42. The van der Waals surface area contributed by atoms with Crippen LogP contribution in [-0.2, 0) is 7.05 Å². The van der Waals surface area contributed by atoms with Crippen LogP contribution < -0.4 is 15.7 Å². The third-order valence-corrected chi connectivity index (χ3v) is 4.73. The Morgan fingerprint density at radius 1 is 1.28 bits per heavy atom. The van der Waals surface area contributed by atoms with E-state index in [4.69, 9.17) is 0 Å². The van der Waals surface area contributed by atoms with Crippen LogP contribution in [0.3, 0.4) is 0 Å². The van der Waals surface area contributed by atoms with Crippen LogP contribution >= 0.6 is 0 Å². The van der Waals surface area contributed by atoms with Gasteiger partial charge in [-0.3, -0.25) is 4.79 Å². The molecule has 1 amide bonds. The number of carbonyl (C=O) groups excluding carboxylic acids is 1. The standard InChI is InChI=1S/C19H21N9O/c1-20-24-18-17(21-9-11-26(18)2)27-10-8-14(12-27)23-19(29)16-22-13-28(25-16)15-6-4-3-5-7-15/h3-7,9,11,13-14H,1,8,10,12H2,2H3,(H,23,29)/b24-18-/t14-/m0/s1. The van der Waals surface area contributed by atoms with E-state index in [1.54, 1.807) is 17.1 Å². The summed E-state index contributed by atoms with van der Waals surface area (Å²) in [5, 5.41) is 15.0. The molecule has 0 saturated carbocycles. The van der Waals surface area contributed by atoms with E-state index in [-0.39, 0.29) is 17.8 Å². The monoisotopic (exact) mass is 391 g/mol. The number of para-hydroxylation sites is 1. The molecule has 1 atom stereocenters. The number of hydrogen-bond acceptors (Lipinski definition) is 7. The smallest absolute Gasteiger partial charge is 0.291 e.